The van der Waals surface area contributed by atoms with Crippen LogP contribution >= 0.6 is 11.3 Å². The minimum absolute atomic E-state index is 0.917. The van der Waals surface area contributed by atoms with E-state index in [0.717, 1.165) is 66.1 Å². The normalized spacial score (nSPS) is 11.9. The molecule has 0 atom stereocenters. The molecule has 0 bridgehead atoms. The molecule has 0 saturated carbocycles. The van der Waals surface area contributed by atoms with Gasteiger partial charge in [0.25, 0.3) is 0 Å². The molecule has 8 aromatic carbocycles. The Morgan fingerprint density at radius 3 is 1.25 bits per heavy atom. The summed E-state index contributed by atoms with van der Waals surface area (Å²) in [6, 6.07) is 60.7. The van der Waals surface area contributed by atoms with Gasteiger partial charge < -0.3 is 8.83 Å². The van der Waals surface area contributed by atoms with Crippen LogP contribution in [0, 0.1) is 0 Å². The lowest BCUT2D eigenvalue weighted by Crippen LogP contribution is -1.83. The van der Waals surface area contributed by atoms with E-state index < -0.39 is 0 Å². The highest BCUT2D eigenvalue weighted by atomic mass is 32.1. The molecule has 51 heavy (non-hydrogen) atoms. The maximum absolute atomic E-state index is 6.41. The van der Waals surface area contributed by atoms with Crippen LogP contribution < -0.4 is 0 Å². The molecule has 11 rings (SSSR count). The summed E-state index contributed by atoms with van der Waals surface area (Å²) in [5.74, 6) is 0. The van der Waals surface area contributed by atoms with Crippen LogP contribution in [0.15, 0.2) is 179 Å². The lowest BCUT2D eigenvalue weighted by atomic mass is 9.96. The zero-order valence-electron chi connectivity index (χ0n) is 27.4. The standard InChI is InChI=1S/C48H28O2S/c1-3-22-43-37(12-1)39-18-6-14-33(45(39)49-43)29-24-26-30(27-25-29)35-16-8-20-41-42-21-9-17-36(48(42)51-47(35)41)32-11-5-10-31(28-32)34-15-7-19-40-38-13-2-4-23-44(38)50-46(34)40/h1-28H. The number of hydrogen-bond acceptors (Lipinski definition) is 3. The summed E-state index contributed by atoms with van der Waals surface area (Å²) in [6.07, 6.45) is 0. The molecule has 3 heteroatoms. The summed E-state index contributed by atoms with van der Waals surface area (Å²) in [5.41, 5.74) is 13.1. The number of furan rings is 2. The minimum Gasteiger partial charge on any atom is -0.455 e. The quantitative estimate of drug-likeness (QED) is 0.187. The third-order valence-corrected chi connectivity index (χ3v) is 11.6. The van der Waals surface area contributed by atoms with Gasteiger partial charge in [-0.25, -0.2) is 0 Å². The van der Waals surface area contributed by atoms with Gasteiger partial charge in [0.05, 0.1) is 0 Å². The molecule has 3 aromatic heterocycles. The summed E-state index contributed by atoms with van der Waals surface area (Å²) in [6.45, 7) is 0. The second-order valence-electron chi connectivity index (χ2n) is 13.2. The molecule has 0 spiro atoms. The Kier molecular flexibility index (Phi) is 6.16. The topological polar surface area (TPSA) is 26.3 Å². The first-order valence-electron chi connectivity index (χ1n) is 17.2. The fourth-order valence-corrected chi connectivity index (χ4v) is 9.28. The van der Waals surface area contributed by atoms with Gasteiger partial charge in [-0.1, -0.05) is 152 Å². The summed E-state index contributed by atoms with van der Waals surface area (Å²) in [5, 5.41) is 7.16. The summed E-state index contributed by atoms with van der Waals surface area (Å²) in [4.78, 5) is 0. The van der Waals surface area contributed by atoms with Crippen molar-refractivity contribution in [2.24, 2.45) is 0 Å². The Morgan fingerprint density at radius 1 is 0.294 bits per heavy atom. The molecule has 3 heterocycles. The van der Waals surface area contributed by atoms with Crippen LogP contribution in [0.25, 0.3) is 109 Å². The number of rotatable bonds is 4. The predicted molar refractivity (Wildman–Crippen MR) is 216 cm³/mol. The lowest BCUT2D eigenvalue weighted by Gasteiger charge is -2.08. The van der Waals surface area contributed by atoms with Gasteiger partial charge in [-0.05, 0) is 51.6 Å². The van der Waals surface area contributed by atoms with Crippen LogP contribution in [0.1, 0.15) is 0 Å². The Balaban J connectivity index is 1.01. The molecule has 238 valence electrons. The molecule has 0 saturated heterocycles. The van der Waals surface area contributed by atoms with Gasteiger partial charge in [0, 0.05) is 52.8 Å². The Labute approximate surface area is 297 Å². The molecule has 0 aliphatic heterocycles. The zero-order valence-corrected chi connectivity index (χ0v) is 28.2. The van der Waals surface area contributed by atoms with Crippen molar-refractivity contribution in [3.8, 4) is 44.5 Å². The number of fused-ring (bicyclic) bond motifs is 9. The van der Waals surface area contributed by atoms with E-state index in [0.29, 0.717) is 0 Å². The van der Waals surface area contributed by atoms with Crippen molar-refractivity contribution in [3.63, 3.8) is 0 Å². The molecule has 0 unspecified atom stereocenters. The number of hydrogen-bond donors (Lipinski definition) is 0. The average molecular weight is 669 g/mol. The van der Waals surface area contributed by atoms with E-state index in [1.54, 1.807) is 0 Å². The monoisotopic (exact) mass is 668 g/mol. The SMILES string of the molecule is c1cc(-c2cccc3c2oc2ccccc23)cc(-c2cccc3c2sc2c(-c4ccc(-c5cccc6c5oc5ccccc56)cc4)cccc23)c1. The third-order valence-electron chi connectivity index (χ3n) is 10.3. The van der Waals surface area contributed by atoms with Crippen LogP contribution in [0.2, 0.25) is 0 Å². The first-order valence-corrected chi connectivity index (χ1v) is 18.1. The molecule has 11 aromatic rings. The van der Waals surface area contributed by atoms with Crippen molar-refractivity contribution in [2.75, 3.05) is 0 Å². The second kappa shape index (κ2) is 11.0. The minimum atomic E-state index is 0.917. The van der Waals surface area contributed by atoms with Gasteiger partial charge in [0.15, 0.2) is 0 Å². The first kappa shape index (κ1) is 28.4. The maximum atomic E-state index is 6.41. The van der Waals surface area contributed by atoms with E-state index in [1.165, 1.54) is 42.4 Å². The van der Waals surface area contributed by atoms with Gasteiger partial charge in [0.1, 0.15) is 22.3 Å². The number of thiophene rings is 1. The van der Waals surface area contributed by atoms with Crippen LogP contribution in [0.3, 0.4) is 0 Å². The number of benzene rings is 8. The van der Waals surface area contributed by atoms with Gasteiger partial charge in [-0.3, -0.25) is 0 Å². The molecule has 0 aliphatic rings. The van der Waals surface area contributed by atoms with E-state index in [1.807, 2.05) is 35.6 Å². The highest BCUT2D eigenvalue weighted by Gasteiger charge is 2.17. The first-order chi connectivity index (χ1) is 25.3. The molecule has 0 radical (unpaired) electrons. The smallest absolute Gasteiger partial charge is 0.143 e. The molecule has 0 N–H and O–H groups in total. The van der Waals surface area contributed by atoms with Crippen LogP contribution in [-0.4, -0.2) is 0 Å². The molecule has 2 nitrogen and oxygen atoms in total. The summed E-state index contributed by atoms with van der Waals surface area (Å²) < 4.78 is 15.4. The third kappa shape index (κ3) is 4.35. The van der Waals surface area contributed by atoms with Crippen molar-refractivity contribution < 1.29 is 8.83 Å². The van der Waals surface area contributed by atoms with Crippen molar-refractivity contribution in [1.82, 2.24) is 0 Å². The maximum Gasteiger partial charge on any atom is 0.143 e. The van der Waals surface area contributed by atoms with Crippen molar-refractivity contribution in [3.05, 3.63) is 170 Å². The van der Waals surface area contributed by atoms with Gasteiger partial charge in [-0.2, -0.15) is 0 Å². The van der Waals surface area contributed by atoms with E-state index in [4.69, 9.17) is 8.83 Å². The van der Waals surface area contributed by atoms with Crippen molar-refractivity contribution in [2.45, 2.75) is 0 Å². The second-order valence-corrected chi connectivity index (χ2v) is 14.2. The highest BCUT2D eigenvalue weighted by molar-refractivity contribution is 7.26. The fraction of sp³-hybridized carbons (Fsp3) is 0. The molecular weight excluding hydrogens is 641 g/mol. The Hall–Kier alpha value is -6.42. The van der Waals surface area contributed by atoms with Crippen molar-refractivity contribution >= 4 is 75.4 Å². The average Bonchev–Trinajstić information content (AvgIpc) is 3.89. The van der Waals surface area contributed by atoms with E-state index in [2.05, 4.69) is 146 Å². The van der Waals surface area contributed by atoms with Crippen LogP contribution in [0.5, 0.6) is 0 Å². The number of para-hydroxylation sites is 4. The summed E-state index contributed by atoms with van der Waals surface area (Å²) >= 11 is 1.88. The molecule has 0 fully saturated rings. The zero-order chi connectivity index (χ0) is 33.5. The van der Waals surface area contributed by atoms with E-state index >= 15 is 0 Å². The van der Waals surface area contributed by atoms with Gasteiger partial charge in [-0.15, -0.1) is 11.3 Å². The van der Waals surface area contributed by atoms with Gasteiger partial charge >= 0.3 is 0 Å². The van der Waals surface area contributed by atoms with E-state index in [9.17, 15) is 0 Å². The van der Waals surface area contributed by atoms with Crippen LogP contribution in [-0.2, 0) is 0 Å². The Bertz CT molecular complexity index is 3140. The molecule has 0 amide bonds. The fourth-order valence-electron chi connectivity index (χ4n) is 7.91. The largest absolute Gasteiger partial charge is 0.455 e. The van der Waals surface area contributed by atoms with Crippen LogP contribution in [0.4, 0.5) is 0 Å². The Morgan fingerprint density at radius 2 is 0.686 bits per heavy atom. The summed E-state index contributed by atoms with van der Waals surface area (Å²) in [7, 11) is 0. The molecule has 0 aliphatic carbocycles. The van der Waals surface area contributed by atoms with Crippen molar-refractivity contribution in [1.29, 1.82) is 0 Å². The molecular formula is C48H28O2S. The van der Waals surface area contributed by atoms with Gasteiger partial charge in [0.2, 0.25) is 0 Å². The van der Waals surface area contributed by atoms with E-state index in [-0.39, 0.29) is 0 Å². The predicted octanol–water partition coefficient (Wildman–Crippen LogP) is 14.5. The lowest BCUT2D eigenvalue weighted by molar-refractivity contribution is 0.669. The highest BCUT2D eigenvalue weighted by Crippen LogP contribution is 2.45.